The fourth-order valence-electron chi connectivity index (χ4n) is 1.83. The lowest BCUT2D eigenvalue weighted by atomic mass is 9.99. The first-order valence-electron chi connectivity index (χ1n) is 5.50. The average Bonchev–Trinajstić information content (AvgIpc) is 2.37. The van der Waals surface area contributed by atoms with E-state index in [2.05, 4.69) is 15.9 Å². The van der Waals surface area contributed by atoms with Crippen LogP contribution in [0.3, 0.4) is 0 Å². The Bertz CT molecular complexity index is 666. The van der Waals surface area contributed by atoms with Crippen molar-refractivity contribution in [2.45, 2.75) is 6.18 Å². The molecule has 0 spiro atoms. The minimum atomic E-state index is -4.72. The van der Waals surface area contributed by atoms with Crippen LogP contribution in [-0.4, -0.2) is 11.1 Å². The van der Waals surface area contributed by atoms with Crippen molar-refractivity contribution in [3.63, 3.8) is 0 Å². The van der Waals surface area contributed by atoms with Crippen LogP contribution < -0.4 is 0 Å². The van der Waals surface area contributed by atoms with E-state index in [1.165, 1.54) is 6.07 Å². The van der Waals surface area contributed by atoms with E-state index in [1.807, 2.05) is 0 Å². The van der Waals surface area contributed by atoms with E-state index in [-0.39, 0.29) is 0 Å². The Kier molecular flexibility index (Phi) is 3.85. The highest BCUT2D eigenvalue weighted by molar-refractivity contribution is 9.10. The number of carboxylic acid groups (broad SMARTS) is 1. The normalized spacial score (nSPS) is 11.4. The molecule has 2 rings (SSSR count). The second kappa shape index (κ2) is 5.28. The SMILES string of the molecule is O=C(O)c1ccc(-c2ccccc2Br)cc1C(F)(F)F. The van der Waals surface area contributed by atoms with Crippen LogP contribution in [0.25, 0.3) is 11.1 Å². The molecule has 1 N–H and O–H groups in total. The van der Waals surface area contributed by atoms with Crippen LogP contribution in [0, 0.1) is 0 Å². The van der Waals surface area contributed by atoms with Crippen LogP contribution in [-0.2, 0) is 6.18 Å². The molecular formula is C14H8BrF3O2. The van der Waals surface area contributed by atoms with Crippen LogP contribution in [0.2, 0.25) is 0 Å². The van der Waals surface area contributed by atoms with E-state index in [4.69, 9.17) is 5.11 Å². The Hall–Kier alpha value is -1.82. The standard InChI is InChI=1S/C14H8BrF3O2/c15-12-4-2-1-3-9(12)8-5-6-10(13(19)20)11(7-8)14(16,17)18/h1-7H,(H,19,20). The zero-order valence-electron chi connectivity index (χ0n) is 9.91. The Labute approximate surface area is 121 Å². The van der Waals surface area contributed by atoms with Crippen molar-refractivity contribution >= 4 is 21.9 Å². The summed E-state index contributed by atoms with van der Waals surface area (Å²) in [5.41, 5.74) is -1.05. The van der Waals surface area contributed by atoms with Crippen LogP contribution in [0.1, 0.15) is 15.9 Å². The molecule has 2 aromatic rings. The largest absolute Gasteiger partial charge is 0.478 e. The van der Waals surface area contributed by atoms with Gasteiger partial charge in [-0.25, -0.2) is 4.79 Å². The Balaban J connectivity index is 2.65. The van der Waals surface area contributed by atoms with Crippen LogP contribution in [0.5, 0.6) is 0 Å². The maximum atomic E-state index is 12.9. The van der Waals surface area contributed by atoms with Crippen molar-refractivity contribution in [1.29, 1.82) is 0 Å². The summed E-state index contributed by atoms with van der Waals surface area (Å²) in [4.78, 5) is 10.9. The molecule has 104 valence electrons. The monoisotopic (exact) mass is 344 g/mol. The third-order valence-electron chi connectivity index (χ3n) is 2.74. The van der Waals surface area contributed by atoms with E-state index in [9.17, 15) is 18.0 Å². The van der Waals surface area contributed by atoms with Gasteiger partial charge in [-0.3, -0.25) is 0 Å². The summed E-state index contributed by atoms with van der Waals surface area (Å²) >= 11 is 3.26. The van der Waals surface area contributed by atoms with E-state index in [1.54, 1.807) is 24.3 Å². The number of aromatic carboxylic acids is 1. The molecule has 0 radical (unpaired) electrons. The number of carbonyl (C=O) groups is 1. The van der Waals surface area contributed by atoms with Crippen molar-refractivity contribution < 1.29 is 23.1 Å². The van der Waals surface area contributed by atoms with Gasteiger partial charge in [0.2, 0.25) is 0 Å². The van der Waals surface area contributed by atoms with Crippen molar-refractivity contribution in [1.82, 2.24) is 0 Å². The molecule has 0 aliphatic rings. The number of rotatable bonds is 2. The van der Waals surface area contributed by atoms with Gasteiger partial charge in [-0.1, -0.05) is 40.2 Å². The summed E-state index contributed by atoms with van der Waals surface area (Å²) in [6.45, 7) is 0. The van der Waals surface area contributed by atoms with Crippen molar-refractivity contribution in [2.24, 2.45) is 0 Å². The van der Waals surface area contributed by atoms with Gasteiger partial charge >= 0.3 is 12.1 Å². The number of hydrogen-bond donors (Lipinski definition) is 1. The fraction of sp³-hybridized carbons (Fsp3) is 0.0714. The predicted molar refractivity (Wildman–Crippen MR) is 71.5 cm³/mol. The first kappa shape index (κ1) is 14.6. The zero-order valence-corrected chi connectivity index (χ0v) is 11.5. The minimum Gasteiger partial charge on any atom is -0.478 e. The second-order valence-electron chi connectivity index (χ2n) is 4.04. The third kappa shape index (κ3) is 2.85. The highest BCUT2D eigenvalue weighted by atomic mass is 79.9. The van der Waals surface area contributed by atoms with Crippen LogP contribution in [0.15, 0.2) is 46.9 Å². The zero-order chi connectivity index (χ0) is 14.9. The summed E-state index contributed by atoms with van der Waals surface area (Å²) in [6.07, 6.45) is -4.72. The van der Waals surface area contributed by atoms with Crippen LogP contribution >= 0.6 is 15.9 Å². The Morgan fingerprint density at radius 1 is 1.10 bits per heavy atom. The molecule has 0 saturated carbocycles. The lowest BCUT2D eigenvalue weighted by Gasteiger charge is -2.13. The molecule has 0 atom stereocenters. The number of hydrogen-bond acceptors (Lipinski definition) is 1. The Morgan fingerprint density at radius 2 is 1.75 bits per heavy atom. The van der Waals surface area contributed by atoms with Gasteiger partial charge in [0.15, 0.2) is 0 Å². The molecule has 0 aromatic heterocycles. The molecule has 2 nitrogen and oxygen atoms in total. The molecule has 20 heavy (non-hydrogen) atoms. The van der Waals surface area contributed by atoms with Gasteiger partial charge in [-0.05, 0) is 29.3 Å². The van der Waals surface area contributed by atoms with Gasteiger partial charge in [0.05, 0.1) is 11.1 Å². The molecule has 0 saturated heterocycles. The molecular weight excluding hydrogens is 337 g/mol. The van der Waals surface area contributed by atoms with Crippen molar-refractivity contribution in [3.8, 4) is 11.1 Å². The molecule has 0 heterocycles. The molecule has 0 aliphatic heterocycles. The topological polar surface area (TPSA) is 37.3 Å². The average molecular weight is 345 g/mol. The molecule has 0 fully saturated rings. The maximum Gasteiger partial charge on any atom is 0.417 e. The highest BCUT2D eigenvalue weighted by Crippen LogP contribution is 2.36. The third-order valence-corrected chi connectivity index (χ3v) is 3.43. The van der Waals surface area contributed by atoms with E-state index >= 15 is 0 Å². The summed E-state index contributed by atoms with van der Waals surface area (Å²) in [6, 6.07) is 9.97. The molecule has 0 bridgehead atoms. The van der Waals surface area contributed by atoms with E-state index < -0.39 is 23.3 Å². The molecule has 0 amide bonds. The molecule has 2 aromatic carbocycles. The highest BCUT2D eigenvalue weighted by Gasteiger charge is 2.35. The van der Waals surface area contributed by atoms with Crippen molar-refractivity contribution in [3.05, 3.63) is 58.1 Å². The van der Waals surface area contributed by atoms with Gasteiger partial charge in [-0.2, -0.15) is 13.2 Å². The maximum absolute atomic E-state index is 12.9. The number of alkyl halides is 3. The lowest BCUT2D eigenvalue weighted by molar-refractivity contribution is -0.138. The smallest absolute Gasteiger partial charge is 0.417 e. The van der Waals surface area contributed by atoms with Gasteiger partial charge < -0.3 is 5.11 Å². The quantitative estimate of drug-likeness (QED) is 0.846. The van der Waals surface area contributed by atoms with E-state index in [0.717, 1.165) is 12.1 Å². The van der Waals surface area contributed by atoms with Gasteiger partial charge in [-0.15, -0.1) is 0 Å². The first-order valence-corrected chi connectivity index (χ1v) is 6.29. The molecule has 6 heteroatoms. The summed E-state index contributed by atoms with van der Waals surface area (Å²) in [7, 11) is 0. The lowest BCUT2D eigenvalue weighted by Crippen LogP contribution is -2.13. The van der Waals surface area contributed by atoms with Gasteiger partial charge in [0, 0.05) is 4.47 Å². The summed E-state index contributed by atoms with van der Waals surface area (Å²) < 4.78 is 39.4. The first-order chi connectivity index (χ1) is 9.30. The summed E-state index contributed by atoms with van der Waals surface area (Å²) in [5, 5.41) is 8.84. The van der Waals surface area contributed by atoms with Crippen molar-refractivity contribution in [2.75, 3.05) is 0 Å². The van der Waals surface area contributed by atoms with Gasteiger partial charge in [0.25, 0.3) is 0 Å². The fourth-order valence-corrected chi connectivity index (χ4v) is 2.34. The number of halogens is 4. The second-order valence-corrected chi connectivity index (χ2v) is 4.90. The number of carboxylic acids is 1. The predicted octanol–water partition coefficient (Wildman–Crippen LogP) is 4.83. The van der Waals surface area contributed by atoms with Gasteiger partial charge in [0.1, 0.15) is 0 Å². The summed E-state index contributed by atoms with van der Waals surface area (Å²) in [5.74, 6) is -1.60. The molecule has 0 unspecified atom stereocenters. The minimum absolute atomic E-state index is 0.301. The number of benzene rings is 2. The molecule has 0 aliphatic carbocycles. The Morgan fingerprint density at radius 3 is 2.30 bits per heavy atom. The van der Waals surface area contributed by atoms with Crippen LogP contribution in [0.4, 0.5) is 13.2 Å². The van der Waals surface area contributed by atoms with E-state index in [0.29, 0.717) is 15.6 Å².